The Kier molecular flexibility index (Phi) is 5.65. The Hall–Kier alpha value is -2.93. The van der Waals surface area contributed by atoms with Crippen molar-refractivity contribution in [2.24, 2.45) is 0 Å². The minimum atomic E-state index is -0.592. The van der Waals surface area contributed by atoms with E-state index >= 15 is 0 Å². The van der Waals surface area contributed by atoms with Gasteiger partial charge < -0.3 is 14.5 Å². The Morgan fingerprint density at radius 1 is 1.18 bits per heavy atom. The number of rotatable bonds is 5. The van der Waals surface area contributed by atoms with Gasteiger partial charge >= 0.3 is 5.97 Å². The molecule has 146 valence electrons. The number of thiophene rings is 1. The summed E-state index contributed by atoms with van der Waals surface area (Å²) >= 11 is 1.28. The Labute approximate surface area is 166 Å². The summed E-state index contributed by atoms with van der Waals surface area (Å²) < 4.78 is 10.7. The molecule has 3 aromatic rings. The molecule has 0 saturated heterocycles. The summed E-state index contributed by atoms with van der Waals surface area (Å²) in [4.78, 5) is 38.3. The second kappa shape index (κ2) is 7.98. The van der Waals surface area contributed by atoms with E-state index in [1.165, 1.54) is 17.4 Å². The summed E-state index contributed by atoms with van der Waals surface area (Å²) in [7, 11) is 0. The van der Waals surface area contributed by atoms with Gasteiger partial charge in [-0.05, 0) is 50.5 Å². The van der Waals surface area contributed by atoms with Gasteiger partial charge in [0.1, 0.15) is 10.6 Å². The normalized spacial score (nSPS) is 10.9. The molecule has 0 aliphatic heterocycles. The van der Waals surface area contributed by atoms with Crippen molar-refractivity contribution in [1.82, 2.24) is 0 Å². The van der Waals surface area contributed by atoms with Crippen LogP contribution in [0.1, 0.15) is 50.8 Å². The van der Waals surface area contributed by atoms with Crippen LogP contribution in [0.2, 0.25) is 0 Å². The van der Waals surface area contributed by atoms with Crippen LogP contribution in [0.3, 0.4) is 0 Å². The summed E-state index contributed by atoms with van der Waals surface area (Å²) in [6.45, 7) is 7.62. The second-order valence-electron chi connectivity index (χ2n) is 6.32. The number of fused-ring (bicyclic) bond motifs is 1. The minimum absolute atomic E-state index is 0.111. The minimum Gasteiger partial charge on any atom is -0.462 e. The first-order valence-corrected chi connectivity index (χ1v) is 9.82. The van der Waals surface area contributed by atoms with Gasteiger partial charge in [-0.15, -0.1) is 11.3 Å². The molecule has 0 saturated carbocycles. The lowest BCUT2D eigenvalue weighted by atomic mass is 10.1. The molecule has 7 heteroatoms. The number of carbonyl (C=O) groups is 2. The van der Waals surface area contributed by atoms with Gasteiger partial charge in [0.2, 0.25) is 0 Å². The molecule has 0 radical (unpaired) electrons. The van der Waals surface area contributed by atoms with Crippen LogP contribution < -0.4 is 10.7 Å². The van der Waals surface area contributed by atoms with E-state index in [1.807, 2.05) is 19.9 Å². The molecule has 0 aliphatic rings. The number of carbonyl (C=O) groups excluding carboxylic acids is 2. The molecule has 2 heterocycles. The van der Waals surface area contributed by atoms with Crippen LogP contribution in [0.4, 0.5) is 5.00 Å². The standard InChI is InChI=1S/C21H21NO5S/c1-5-13-7-8-16-14(9-13)15(23)10-17(27-16)19(24)22-20-18(21(25)26-6-2)11(3)12(4)28-20/h7-10H,5-6H2,1-4H3,(H,22,24). The van der Waals surface area contributed by atoms with E-state index in [0.29, 0.717) is 21.5 Å². The molecule has 28 heavy (non-hydrogen) atoms. The predicted octanol–water partition coefficient (Wildman–Crippen LogP) is 4.46. The second-order valence-corrected chi connectivity index (χ2v) is 7.55. The van der Waals surface area contributed by atoms with E-state index in [4.69, 9.17) is 9.15 Å². The first-order chi connectivity index (χ1) is 13.3. The topological polar surface area (TPSA) is 85.6 Å². The molecule has 0 unspecified atom stereocenters. The third kappa shape index (κ3) is 3.71. The maximum absolute atomic E-state index is 12.7. The lowest BCUT2D eigenvalue weighted by Crippen LogP contribution is -2.17. The molecule has 6 nitrogen and oxygen atoms in total. The molecular weight excluding hydrogens is 378 g/mol. The van der Waals surface area contributed by atoms with Crippen molar-refractivity contribution in [3.63, 3.8) is 0 Å². The number of amides is 1. The van der Waals surface area contributed by atoms with Gasteiger partial charge in [-0.25, -0.2) is 4.79 Å². The van der Waals surface area contributed by atoms with Crippen molar-refractivity contribution in [1.29, 1.82) is 0 Å². The van der Waals surface area contributed by atoms with E-state index < -0.39 is 11.9 Å². The van der Waals surface area contributed by atoms with Crippen LogP contribution in [0, 0.1) is 13.8 Å². The van der Waals surface area contributed by atoms with Crippen molar-refractivity contribution < 1.29 is 18.7 Å². The van der Waals surface area contributed by atoms with Gasteiger partial charge in [0.15, 0.2) is 11.2 Å². The van der Waals surface area contributed by atoms with Gasteiger partial charge in [-0.3, -0.25) is 9.59 Å². The Bertz CT molecular complexity index is 1130. The average molecular weight is 399 g/mol. The zero-order valence-corrected chi connectivity index (χ0v) is 17.0. The molecule has 0 fully saturated rings. The van der Waals surface area contributed by atoms with Gasteiger partial charge in [0, 0.05) is 10.9 Å². The molecule has 0 bridgehead atoms. The Morgan fingerprint density at radius 2 is 1.93 bits per heavy atom. The molecule has 1 N–H and O–H groups in total. The van der Waals surface area contributed by atoms with Crippen molar-refractivity contribution in [2.45, 2.75) is 34.1 Å². The highest BCUT2D eigenvalue weighted by molar-refractivity contribution is 7.16. The Morgan fingerprint density at radius 3 is 2.61 bits per heavy atom. The van der Waals surface area contributed by atoms with E-state index in [-0.39, 0.29) is 17.8 Å². The van der Waals surface area contributed by atoms with Crippen molar-refractivity contribution in [2.75, 3.05) is 11.9 Å². The maximum Gasteiger partial charge on any atom is 0.341 e. The first kappa shape index (κ1) is 19.8. The zero-order valence-electron chi connectivity index (χ0n) is 16.2. The van der Waals surface area contributed by atoms with Crippen LogP contribution in [-0.2, 0) is 11.2 Å². The molecule has 0 aliphatic carbocycles. The number of nitrogens with one attached hydrogen (secondary N) is 1. The molecule has 3 rings (SSSR count). The number of esters is 1. The molecule has 1 aromatic carbocycles. The third-order valence-electron chi connectivity index (χ3n) is 4.52. The van der Waals surface area contributed by atoms with E-state index in [1.54, 1.807) is 26.0 Å². The summed E-state index contributed by atoms with van der Waals surface area (Å²) in [5, 5.41) is 3.50. The van der Waals surface area contributed by atoms with Crippen molar-refractivity contribution >= 4 is 39.2 Å². The average Bonchev–Trinajstić information content (AvgIpc) is 2.95. The fraction of sp³-hybridized carbons (Fsp3) is 0.286. The number of ether oxygens (including phenoxy) is 1. The van der Waals surface area contributed by atoms with E-state index in [9.17, 15) is 14.4 Å². The lowest BCUT2D eigenvalue weighted by Gasteiger charge is -2.07. The highest BCUT2D eigenvalue weighted by Gasteiger charge is 2.23. The molecule has 1 amide bonds. The predicted molar refractivity (Wildman–Crippen MR) is 110 cm³/mol. The molecule has 0 spiro atoms. The van der Waals surface area contributed by atoms with Gasteiger partial charge in [-0.1, -0.05) is 13.0 Å². The maximum atomic E-state index is 12.7. The summed E-state index contributed by atoms with van der Waals surface area (Å²) in [6, 6.07) is 6.50. The highest BCUT2D eigenvalue weighted by atomic mass is 32.1. The van der Waals surface area contributed by atoms with Crippen molar-refractivity contribution in [3.8, 4) is 0 Å². The number of benzene rings is 1. The monoisotopic (exact) mass is 399 g/mol. The van der Waals surface area contributed by atoms with Gasteiger partial charge in [-0.2, -0.15) is 0 Å². The fourth-order valence-corrected chi connectivity index (χ4v) is 3.91. The summed E-state index contributed by atoms with van der Waals surface area (Å²) in [5.41, 5.74) is 2.16. The summed E-state index contributed by atoms with van der Waals surface area (Å²) in [6.07, 6.45) is 0.797. The SMILES string of the molecule is CCOC(=O)c1c(NC(=O)c2cc(=O)c3cc(CC)ccc3o2)sc(C)c1C. The number of hydrogen-bond acceptors (Lipinski definition) is 6. The van der Waals surface area contributed by atoms with Gasteiger partial charge in [0.05, 0.1) is 17.6 Å². The van der Waals surface area contributed by atoms with E-state index in [2.05, 4.69) is 5.32 Å². The number of hydrogen-bond donors (Lipinski definition) is 1. The summed E-state index contributed by atoms with van der Waals surface area (Å²) in [5.74, 6) is -1.20. The van der Waals surface area contributed by atoms with Gasteiger partial charge in [0.25, 0.3) is 5.91 Å². The first-order valence-electron chi connectivity index (χ1n) is 9.00. The Balaban J connectivity index is 1.97. The van der Waals surface area contributed by atoms with Crippen LogP contribution in [0.25, 0.3) is 11.0 Å². The number of aryl methyl sites for hydroxylation is 2. The van der Waals surface area contributed by atoms with E-state index in [0.717, 1.165) is 22.4 Å². The molecule has 2 aromatic heterocycles. The van der Waals surface area contributed by atoms with Crippen LogP contribution in [-0.4, -0.2) is 18.5 Å². The zero-order chi connectivity index (χ0) is 20.4. The quantitative estimate of drug-likeness (QED) is 0.640. The molecular formula is C21H21NO5S. The fourth-order valence-electron chi connectivity index (χ4n) is 2.86. The smallest absolute Gasteiger partial charge is 0.341 e. The van der Waals surface area contributed by atoms with Crippen LogP contribution in [0.15, 0.2) is 33.5 Å². The van der Waals surface area contributed by atoms with Crippen LogP contribution >= 0.6 is 11.3 Å². The lowest BCUT2D eigenvalue weighted by molar-refractivity contribution is 0.0527. The highest BCUT2D eigenvalue weighted by Crippen LogP contribution is 2.33. The van der Waals surface area contributed by atoms with Crippen molar-refractivity contribution in [3.05, 3.63) is 61.8 Å². The number of anilines is 1. The third-order valence-corrected chi connectivity index (χ3v) is 5.64. The molecule has 0 atom stereocenters. The van der Waals surface area contributed by atoms with Crippen LogP contribution in [0.5, 0.6) is 0 Å². The largest absolute Gasteiger partial charge is 0.462 e.